The van der Waals surface area contributed by atoms with Crippen LogP contribution in [0.25, 0.3) is 0 Å². The van der Waals surface area contributed by atoms with Crippen LogP contribution in [-0.4, -0.2) is 55.7 Å². The van der Waals surface area contributed by atoms with E-state index in [2.05, 4.69) is 15.4 Å². The molecule has 0 bridgehead atoms. The first-order chi connectivity index (χ1) is 18.2. The van der Waals surface area contributed by atoms with E-state index in [1.165, 1.54) is 6.07 Å². The molecule has 1 aliphatic carbocycles. The summed E-state index contributed by atoms with van der Waals surface area (Å²) in [7, 11) is 0. The zero-order valence-electron chi connectivity index (χ0n) is 20.8. The van der Waals surface area contributed by atoms with Gasteiger partial charge in [0.2, 0.25) is 5.91 Å². The Morgan fingerprint density at radius 2 is 1.66 bits per heavy atom. The van der Waals surface area contributed by atoms with Crippen LogP contribution in [0.2, 0.25) is 5.02 Å². The number of carbonyl (C=O) groups excluding carboxylic acids is 1. The number of amides is 1. The zero-order chi connectivity index (χ0) is 26.9. The molecule has 204 valence electrons. The lowest BCUT2D eigenvalue weighted by molar-refractivity contribution is -0.138. The van der Waals surface area contributed by atoms with Crippen LogP contribution in [0.1, 0.15) is 31.2 Å². The fraction of sp³-hybridized carbons (Fsp3) is 0.519. The molecule has 38 heavy (non-hydrogen) atoms. The average molecular weight is 551 g/mol. The number of carbonyl (C=O) groups is 1. The number of anilines is 2. The molecule has 7 nitrogen and oxygen atoms in total. The first-order valence-corrected chi connectivity index (χ1v) is 13.3. The lowest BCUT2D eigenvalue weighted by atomic mass is 9.92. The predicted molar refractivity (Wildman–Crippen MR) is 140 cm³/mol. The van der Waals surface area contributed by atoms with Crippen molar-refractivity contribution in [3.05, 3.63) is 58.0 Å². The number of hydrogen-bond acceptors (Lipinski definition) is 6. The second-order valence-electron chi connectivity index (χ2n) is 10.5. The first-order valence-electron chi connectivity index (χ1n) is 12.9. The van der Waals surface area contributed by atoms with E-state index in [9.17, 15) is 22.9 Å². The van der Waals surface area contributed by atoms with Crippen molar-refractivity contribution in [1.82, 2.24) is 4.90 Å². The topological polar surface area (TPSA) is 74.2 Å². The van der Waals surface area contributed by atoms with Crippen LogP contribution >= 0.6 is 11.6 Å². The molecular weight excluding hydrogens is 521 g/mol. The third-order valence-electron chi connectivity index (χ3n) is 7.92. The van der Waals surface area contributed by atoms with Crippen LogP contribution in [0.4, 0.5) is 30.2 Å². The molecule has 1 N–H and O–H groups in total. The smallest absolute Gasteiger partial charge is 0.382 e. The lowest BCUT2D eigenvalue weighted by Crippen LogP contribution is -2.37. The highest BCUT2D eigenvalue weighted by molar-refractivity contribution is 6.30. The maximum absolute atomic E-state index is 13.2. The van der Waals surface area contributed by atoms with Gasteiger partial charge in [-0.1, -0.05) is 11.6 Å². The van der Waals surface area contributed by atoms with E-state index in [4.69, 9.17) is 16.3 Å². The highest BCUT2D eigenvalue weighted by Gasteiger charge is 2.41. The van der Waals surface area contributed by atoms with Crippen molar-refractivity contribution in [3.8, 4) is 0 Å². The van der Waals surface area contributed by atoms with Gasteiger partial charge in [0.05, 0.1) is 11.7 Å². The van der Waals surface area contributed by atoms with Gasteiger partial charge in [0.1, 0.15) is 12.3 Å². The minimum Gasteiger partial charge on any atom is -0.382 e. The Morgan fingerprint density at radius 1 is 1.00 bits per heavy atom. The number of hydrogen-bond donors (Lipinski definition) is 1. The molecule has 2 heterocycles. The Morgan fingerprint density at radius 3 is 2.26 bits per heavy atom. The molecule has 1 saturated carbocycles. The van der Waals surface area contributed by atoms with Crippen LogP contribution < -0.4 is 10.2 Å². The normalized spacial score (nSPS) is 25.4. The number of nitrogens with zero attached hydrogens (tertiary/aromatic N) is 3. The van der Waals surface area contributed by atoms with E-state index in [1.54, 1.807) is 0 Å². The molecule has 0 aromatic heterocycles. The quantitative estimate of drug-likeness (QED) is 0.422. The van der Waals surface area contributed by atoms with Crippen molar-refractivity contribution >= 4 is 34.6 Å². The number of alkyl halides is 3. The molecule has 0 spiro atoms. The zero-order valence-corrected chi connectivity index (χ0v) is 21.5. The second-order valence-corrected chi connectivity index (χ2v) is 10.9. The van der Waals surface area contributed by atoms with Gasteiger partial charge >= 0.3 is 6.18 Å². The maximum atomic E-state index is 13.2. The van der Waals surface area contributed by atoms with Crippen LogP contribution in [0.15, 0.2) is 47.6 Å². The number of nitrogens with one attached hydrogen (secondary N) is 1. The summed E-state index contributed by atoms with van der Waals surface area (Å²) in [5.74, 6) is 0.914. The van der Waals surface area contributed by atoms with Crippen molar-refractivity contribution < 1.29 is 22.7 Å². The SMILES string of the molecule is O=Nc1ccc(NC2CCC(OCC(=O)N3CC4CN(c5ccc(Cl)cc5)CC4C3)CC2)cc1C(F)(F)F. The minimum absolute atomic E-state index is 0.0109. The predicted octanol–water partition coefficient (Wildman–Crippen LogP) is 6.09. The molecule has 2 unspecified atom stereocenters. The Balaban J connectivity index is 1.04. The van der Waals surface area contributed by atoms with Crippen molar-refractivity contribution in [2.75, 3.05) is 43.0 Å². The Labute approximate surface area is 224 Å². The molecule has 5 rings (SSSR count). The number of rotatable bonds is 7. The third-order valence-corrected chi connectivity index (χ3v) is 8.17. The fourth-order valence-electron chi connectivity index (χ4n) is 5.88. The number of ether oxygens (including phenoxy) is 1. The highest BCUT2D eigenvalue weighted by Crippen LogP contribution is 2.38. The summed E-state index contributed by atoms with van der Waals surface area (Å²) in [4.78, 5) is 27.8. The second kappa shape index (κ2) is 11.1. The Bertz CT molecular complexity index is 1140. The van der Waals surface area contributed by atoms with Gasteiger partial charge in [0.15, 0.2) is 0 Å². The van der Waals surface area contributed by atoms with Crippen LogP contribution in [0.3, 0.4) is 0 Å². The third kappa shape index (κ3) is 6.07. The van der Waals surface area contributed by atoms with E-state index >= 15 is 0 Å². The molecule has 1 amide bonds. The summed E-state index contributed by atoms with van der Waals surface area (Å²) in [6, 6.07) is 11.3. The first kappa shape index (κ1) is 26.7. The van der Waals surface area contributed by atoms with E-state index in [1.807, 2.05) is 29.2 Å². The van der Waals surface area contributed by atoms with Gasteiger partial charge in [-0.2, -0.15) is 13.2 Å². The summed E-state index contributed by atoms with van der Waals surface area (Å²) in [6.07, 6.45) is -1.85. The Kier molecular flexibility index (Phi) is 7.81. The summed E-state index contributed by atoms with van der Waals surface area (Å²) in [5, 5.41) is 6.33. The molecule has 2 saturated heterocycles. The van der Waals surface area contributed by atoms with Gasteiger partial charge in [-0.15, -0.1) is 4.91 Å². The van der Waals surface area contributed by atoms with Crippen molar-refractivity contribution in [2.45, 2.75) is 44.0 Å². The minimum atomic E-state index is -4.65. The number of benzene rings is 2. The molecule has 2 atom stereocenters. The van der Waals surface area contributed by atoms with Crippen molar-refractivity contribution in [2.24, 2.45) is 17.0 Å². The van der Waals surface area contributed by atoms with Crippen molar-refractivity contribution in [3.63, 3.8) is 0 Å². The van der Waals surface area contributed by atoms with E-state index in [0.29, 0.717) is 43.2 Å². The van der Waals surface area contributed by atoms with E-state index < -0.39 is 17.4 Å². The summed E-state index contributed by atoms with van der Waals surface area (Å²) in [5.41, 5.74) is -0.202. The van der Waals surface area contributed by atoms with E-state index in [-0.39, 0.29) is 24.7 Å². The number of likely N-dealkylation sites (tertiary alicyclic amines) is 1. The van der Waals surface area contributed by atoms with Gasteiger partial charge in [-0.3, -0.25) is 4.79 Å². The van der Waals surface area contributed by atoms with Gasteiger partial charge in [-0.05, 0) is 73.3 Å². The molecule has 0 radical (unpaired) electrons. The van der Waals surface area contributed by atoms with Crippen molar-refractivity contribution in [1.29, 1.82) is 0 Å². The molecule has 2 aromatic rings. The maximum Gasteiger partial charge on any atom is 0.418 e. The molecule has 2 aliphatic heterocycles. The number of nitroso groups, excluding NO2 is 1. The molecule has 3 aliphatic rings. The standard InChI is InChI=1S/C27H30ClF3N4O3/c28-19-1-6-22(7-2-19)34-12-17-14-35(15-18(17)13-34)26(36)16-38-23-8-3-20(4-9-23)32-21-5-10-25(33-37)24(11-21)27(29,30)31/h1-2,5-7,10-11,17-18,20,23,32H,3-4,8-9,12-16H2. The summed E-state index contributed by atoms with van der Waals surface area (Å²) < 4.78 is 45.5. The lowest BCUT2D eigenvalue weighted by Gasteiger charge is -2.30. The largest absolute Gasteiger partial charge is 0.418 e. The highest BCUT2D eigenvalue weighted by atomic mass is 35.5. The van der Waals surface area contributed by atoms with E-state index in [0.717, 1.165) is 49.0 Å². The van der Waals surface area contributed by atoms with Gasteiger partial charge in [0, 0.05) is 60.5 Å². The van der Waals surface area contributed by atoms with Crippen LogP contribution in [0.5, 0.6) is 0 Å². The molecule has 2 aromatic carbocycles. The molecular formula is C27H30ClF3N4O3. The monoisotopic (exact) mass is 550 g/mol. The fourth-order valence-corrected chi connectivity index (χ4v) is 6.01. The van der Waals surface area contributed by atoms with Gasteiger partial charge in [-0.25, -0.2) is 0 Å². The van der Waals surface area contributed by atoms with Crippen LogP contribution in [0, 0.1) is 16.7 Å². The summed E-state index contributed by atoms with van der Waals surface area (Å²) in [6.45, 7) is 3.38. The average Bonchev–Trinajstić information content (AvgIpc) is 3.48. The molecule has 3 fully saturated rings. The Hall–Kier alpha value is -2.85. The van der Waals surface area contributed by atoms with Gasteiger partial charge < -0.3 is 19.9 Å². The van der Waals surface area contributed by atoms with Crippen LogP contribution in [-0.2, 0) is 15.7 Å². The molecule has 11 heteroatoms. The number of fused-ring (bicyclic) bond motifs is 1. The number of halogens is 4. The van der Waals surface area contributed by atoms with Gasteiger partial charge in [0.25, 0.3) is 0 Å². The summed E-state index contributed by atoms with van der Waals surface area (Å²) >= 11 is 6.00.